The van der Waals surface area contributed by atoms with Crippen LogP contribution >= 0.6 is 22.9 Å². The lowest BCUT2D eigenvalue weighted by Crippen LogP contribution is -2.35. The predicted molar refractivity (Wildman–Crippen MR) is 95.5 cm³/mol. The van der Waals surface area contributed by atoms with Gasteiger partial charge < -0.3 is 0 Å². The molecule has 3 atom stereocenters. The molecule has 6 heteroatoms. The van der Waals surface area contributed by atoms with Gasteiger partial charge in [-0.25, -0.2) is 9.37 Å². The molecule has 0 amide bonds. The van der Waals surface area contributed by atoms with Gasteiger partial charge in [-0.05, 0) is 43.9 Å². The number of fused-ring (bicyclic) bond motifs is 2. The van der Waals surface area contributed by atoms with Crippen LogP contribution in [0.3, 0.4) is 0 Å². The molecule has 130 valence electrons. The van der Waals surface area contributed by atoms with Gasteiger partial charge in [0.1, 0.15) is 16.7 Å². The monoisotopic (exact) mass is 377 g/mol. The quantitative estimate of drug-likeness (QED) is 0.720. The maximum atomic E-state index is 14.3. The van der Waals surface area contributed by atoms with Crippen molar-refractivity contribution in [1.82, 2.24) is 4.98 Å². The Morgan fingerprint density at radius 2 is 1.92 bits per heavy atom. The minimum Gasteiger partial charge on any atom is -0.298 e. The molecule has 2 bridgehead atoms. The van der Waals surface area contributed by atoms with Gasteiger partial charge in [-0.1, -0.05) is 18.5 Å². The molecule has 2 saturated carbocycles. The van der Waals surface area contributed by atoms with Crippen LogP contribution in [0.2, 0.25) is 5.02 Å². The third kappa shape index (κ3) is 2.74. The summed E-state index contributed by atoms with van der Waals surface area (Å²) in [5, 5.41) is 0.822. The van der Waals surface area contributed by atoms with Crippen LogP contribution in [0.4, 0.5) is 4.39 Å². The van der Waals surface area contributed by atoms with Crippen LogP contribution in [0, 0.1) is 17.7 Å². The molecular formula is C19H17ClFNO2S. The fraction of sp³-hybridized carbons (Fsp3) is 0.421. The highest BCUT2D eigenvalue weighted by molar-refractivity contribution is 7.15. The van der Waals surface area contributed by atoms with Crippen molar-refractivity contribution in [1.29, 1.82) is 0 Å². The highest BCUT2D eigenvalue weighted by Gasteiger charge is 2.48. The standard InChI is InChI=1S/C19H17ClFNO2S/c1-2-14-16(15-17(23)9-3-4-10(7-9)18(15)24)22-19(25-14)12-6-5-11(20)8-13(12)21/h5-6,8-10,15H,2-4,7H2,1H3/t9-,10+,15?. The zero-order chi connectivity index (χ0) is 17.7. The molecule has 3 nitrogen and oxygen atoms in total. The number of thiazole rings is 1. The highest BCUT2D eigenvalue weighted by atomic mass is 35.5. The SMILES string of the molecule is CCc1sc(-c2ccc(Cl)cc2F)nc1C1C(=O)[C@@H]2CC[C@@H](C2)C1=O. The van der Waals surface area contributed by atoms with Gasteiger partial charge in [0, 0.05) is 27.3 Å². The van der Waals surface area contributed by atoms with Gasteiger partial charge in [-0.2, -0.15) is 0 Å². The van der Waals surface area contributed by atoms with E-state index in [0.29, 0.717) is 34.1 Å². The second-order valence-electron chi connectivity index (χ2n) is 6.75. The number of carbonyl (C=O) groups excluding carboxylic acids is 2. The Balaban J connectivity index is 1.79. The number of nitrogens with zero attached hydrogens (tertiary/aromatic N) is 1. The van der Waals surface area contributed by atoms with E-state index >= 15 is 0 Å². The van der Waals surface area contributed by atoms with Crippen LogP contribution in [-0.2, 0) is 16.0 Å². The lowest BCUT2D eigenvalue weighted by atomic mass is 9.77. The maximum Gasteiger partial charge on any atom is 0.152 e. The Hall–Kier alpha value is -1.59. The number of carbonyl (C=O) groups is 2. The van der Waals surface area contributed by atoms with Gasteiger partial charge in [-0.15, -0.1) is 11.3 Å². The number of rotatable bonds is 3. The summed E-state index contributed by atoms with van der Waals surface area (Å²) in [5.41, 5.74) is 0.900. The van der Waals surface area contributed by atoms with Gasteiger partial charge >= 0.3 is 0 Å². The molecule has 4 rings (SSSR count). The first-order valence-electron chi connectivity index (χ1n) is 8.52. The summed E-state index contributed by atoms with van der Waals surface area (Å²) < 4.78 is 14.3. The van der Waals surface area contributed by atoms with E-state index in [4.69, 9.17) is 11.6 Å². The summed E-state index contributed by atoms with van der Waals surface area (Å²) in [6.45, 7) is 1.96. The van der Waals surface area contributed by atoms with Crippen LogP contribution in [0.25, 0.3) is 10.6 Å². The Morgan fingerprint density at radius 1 is 1.24 bits per heavy atom. The Kier molecular flexibility index (Phi) is 4.24. The summed E-state index contributed by atoms with van der Waals surface area (Å²) in [5.74, 6) is -1.24. The minimum atomic E-state index is -0.762. The molecule has 2 fully saturated rings. The van der Waals surface area contributed by atoms with E-state index in [1.54, 1.807) is 12.1 Å². The number of hydrogen-bond donors (Lipinski definition) is 0. The average Bonchev–Trinajstić information content (AvgIpc) is 3.19. The van der Waals surface area contributed by atoms with Gasteiger partial charge in [0.2, 0.25) is 0 Å². The summed E-state index contributed by atoms with van der Waals surface area (Å²) in [7, 11) is 0. The van der Waals surface area contributed by atoms with Crippen molar-refractivity contribution in [2.75, 3.05) is 0 Å². The first-order valence-corrected chi connectivity index (χ1v) is 9.71. The molecular weight excluding hydrogens is 361 g/mol. The van der Waals surface area contributed by atoms with E-state index in [1.807, 2.05) is 6.92 Å². The van der Waals surface area contributed by atoms with E-state index in [9.17, 15) is 14.0 Å². The van der Waals surface area contributed by atoms with Crippen molar-refractivity contribution >= 4 is 34.5 Å². The maximum absolute atomic E-state index is 14.3. The number of aromatic nitrogens is 1. The highest BCUT2D eigenvalue weighted by Crippen LogP contribution is 2.45. The van der Waals surface area contributed by atoms with Gasteiger partial charge in [0.25, 0.3) is 0 Å². The van der Waals surface area contributed by atoms with Gasteiger partial charge in [0.15, 0.2) is 11.6 Å². The average molecular weight is 378 g/mol. The minimum absolute atomic E-state index is 0.00174. The summed E-state index contributed by atoms with van der Waals surface area (Å²) in [6, 6.07) is 4.46. The molecule has 25 heavy (non-hydrogen) atoms. The predicted octanol–water partition coefficient (Wildman–Crippen LogP) is 4.82. The third-order valence-corrected chi connectivity index (χ3v) is 6.77. The van der Waals surface area contributed by atoms with Crippen LogP contribution < -0.4 is 0 Å². The Morgan fingerprint density at radius 3 is 2.52 bits per heavy atom. The molecule has 1 heterocycles. The van der Waals surface area contributed by atoms with E-state index in [2.05, 4.69) is 4.98 Å². The van der Waals surface area contributed by atoms with Crippen molar-refractivity contribution < 1.29 is 14.0 Å². The van der Waals surface area contributed by atoms with E-state index in [1.165, 1.54) is 17.4 Å². The number of benzene rings is 1. The second-order valence-corrected chi connectivity index (χ2v) is 8.27. The van der Waals surface area contributed by atoms with Crippen LogP contribution in [0.1, 0.15) is 42.7 Å². The molecule has 1 aromatic heterocycles. The molecule has 2 aromatic rings. The van der Waals surface area contributed by atoms with Gasteiger partial charge in [-0.3, -0.25) is 9.59 Å². The third-order valence-electron chi connectivity index (χ3n) is 5.29. The fourth-order valence-corrected chi connectivity index (χ4v) is 5.22. The van der Waals surface area contributed by atoms with E-state index in [0.717, 1.165) is 17.7 Å². The van der Waals surface area contributed by atoms with Crippen molar-refractivity contribution in [3.8, 4) is 10.6 Å². The molecule has 0 saturated heterocycles. The normalized spacial score (nSPS) is 25.6. The molecule has 0 aliphatic heterocycles. The number of Topliss-reactive ketones (excluding diaryl/α,β-unsaturated/α-hetero) is 2. The summed E-state index contributed by atoms with van der Waals surface area (Å²) in [6.07, 6.45) is 2.96. The van der Waals surface area contributed by atoms with Crippen molar-refractivity contribution in [3.05, 3.63) is 39.6 Å². The van der Waals surface area contributed by atoms with Crippen LogP contribution in [0.5, 0.6) is 0 Å². The Labute approximate surface area is 154 Å². The zero-order valence-electron chi connectivity index (χ0n) is 13.7. The zero-order valence-corrected chi connectivity index (χ0v) is 15.3. The number of hydrogen-bond acceptors (Lipinski definition) is 4. The van der Waals surface area contributed by atoms with Gasteiger partial charge in [0.05, 0.1) is 5.69 Å². The van der Waals surface area contributed by atoms with E-state index in [-0.39, 0.29) is 23.4 Å². The number of halogens is 2. The lowest BCUT2D eigenvalue weighted by Gasteiger charge is -2.24. The van der Waals surface area contributed by atoms with E-state index < -0.39 is 11.7 Å². The molecule has 1 aromatic carbocycles. The van der Waals surface area contributed by atoms with Crippen molar-refractivity contribution in [2.24, 2.45) is 11.8 Å². The summed E-state index contributed by atoms with van der Waals surface area (Å²) in [4.78, 5) is 31.0. The fourth-order valence-electron chi connectivity index (χ4n) is 4.00. The molecule has 0 N–H and O–H groups in total. The number of ketones is 2. The molecule has 2 aliphatic carbocycles. The van der Waals surface area contributed by atoms with Crippen molar-refractivity contribution in [2.45, 2.75) is 38.5 Å². The first-order chi connectivity index (χ1) is 12.0. The topological polar surface area (TPSA) is 47.0 Å². The summed E-state index contributed by atoms with van der Waals surface area (Å²) >= 11 is 7.18. The molecule has 0 spiro atoms. The molecule has 1 unspecified atom stereocenters. The van der Waals surface area contributed by atoms with Crippen LogP contribution in [0.15, 0.2) is 18.2 Å². The Bertz CT molecular complexity index is 856. The van der Waals surface area contributed by atoms with Crippen LogP contribution in [-0.4, -0.2) is 16.6 Å². The lowest BCUT2D eigenvalue weighted by molar-refractivity contribution is -0.136. The largest absolute Gasteiger partial charge is 0.298 e. The second kappa shape index (κ2) is 6.29. The molecule has 2 aliphatic rings. The first kappa shape index (κ1) is 16.9. The number of aryl methyl sites for hydroxylation is 1. The van der Waals surface area contributed by atoms with Crippen molar-refractivity contribution in [3.63, 3.8) is 0 Å². The molecule has 0 radical (unpaired) electrons. The smallest absolute Gasteiger partial charge is 0.152 e.